The third kappa shape index (κ3) is 3.71. The van der Waals surface area contributed by atoms with Crippen molar-refractivity contribution in [3.05, 3.63) is 38.9 Å². The molecule has 7 heteroatoms. The van der Waals surface area contributed by atoms with E-state index >= 15 is 0 Å². The van der Waals surface area contributed by atoms with Crippen LogP contribution in [0.5, 0.6) is 0 Å². The van der Waals surface area contributed by atoms with E-state index in [2.05, 4.69) is 5.32 Å². The molecule has 1 heterocycles. The van der Waals surface area contributed by atoms with Gasteiger partial charge in [0.2, 0.25) is 0 Å². The highest BCUT2D eigenvalue weighted by atomic mass is 35.5. The maximum Gasteiger partial charge on any atom is 0.283 e. The number of nitro groups is 1. The number of nitro benzene ring substituents is 1. The van der Waals surface area contributed by atoms with Crippen LogP contribution >= 0.6 is 11.6 Å². The van der Waals surface area contributed by atoms with Crippen molar-refractivity contribution < 1.29 is 9.72 Å². The van der Waals surface area contributed by atoms with Gasteiger partial charge in [0.05, 0.1) is 9.95 Å². The Hall–Kier alpha value is -1.66. The summed E-state index contributed by atoms with van der Waals surface area (Å²) < 4.78 is 0. The van der Waals surface area contributed by atoms with E-state index in [-0.39, 0.29) is 22.3 Å². The van der Waals surface area contributed by atoms with Crippen LogP contribution in [0.2, 0.25) is 5.02 Å². The van der Waals surface area contributed by atoms with E-state index in [0.717, 1.165) is 25.8 Å². The summed E-state index contributed by atoms with van der Waals surface area (Å²) in [5.41, 5.74) is -0.293. The first-order chi connectivity index (χ1) is 10.0. The average Bonchev–Trinajstić information content (AvgIpc) is 2.47. The van der Waals surface area contributed by atoms with Crippen molar-refractivity contribution in [1.82, 2.24) is 10.2 Å². The monoisotopic (exact) mass is 311 g/mol. The van der Waals surface area contributed by atoms with Gasteiger partial charge in [0, 0.05) is 25.7 Å². The Balaban J connectivity index is 2.17. The summed E-state index contributed by atoms with van der Waals surface area (Å²) in [5, 5.41) is 14.5. The maximum atomic E-state index is 12.5. The lowest BCUT2D eigenvalue weighted by Crippen LogP contribution is -2.44. The summed E-state index contributed by atoms with van der Waals surface area (Å²) in [4.78, 5) is 24.4. The lowest BCUT2D eigenvalue weighted by molar-refractivity contribution is -0.385. The molecule has 0 spiro atoms. The Labute approximate surface area is 128 Å². The van der Waals surface area contributed by atoms with Gasteiger partial charge in [-0.25, -0.2) is 0 Å². The van der Waals surface area contributed by atoms with Gasteiger partial charge in [-0.05, 0) is 25.5 Å². The number of carbonyl (C=O) groups is 1. The Morgan fingerprint density at radius 1 is 1.52 bits per heavy atom. The summed E-state index contributed by atoms with van der Waals surface area (Å²) >= 11 is 5.99. The Bertz CT molecular complexity index is 544. The molecule has 1 aromatic carbocycles. The molecule has 0 saturated carbocycles. The van der Waals surface area contributed by atoms with Crippen molar-refractivity contribution in [3.8, 4) is 0 Å². The quantitative estimate of drug-likeness (QED) is 0.684. The summed E-state index contributed by atoms with van der Waals surface area (Å²) in [6.45, 7) is 1.46. The van der Waals surface area contributed by atoms with Crippen LogP contribution in [0, 0.1) is 10.1 Å². The van der Waals surface area contributed by atoms with Gasteiger partial charge < -0.3 is 10.2 Å². The molecular formula is C14H18ClN3O3. The van der Waals surface area contributed by atoms with Crippen LogP contribution in [-0.4, -0.2) is 41.9 Å². The number of halogens is 1. The molecule has 1 aromatic rings. The summed E-state index contributed by atoms with van der Waals surface area (Å²) in [6.07, 6.45) is 3.28. The molecule has 1 aliphatic rings. The molecule has 21 heavy (non-hydrogen) atoms. The molecule has 2 rings (SSSR count). The predicted octanol–water partition coefficient (Wildman–Crippen LogP) is 2.46. The first kappa shape index (κ1) is 15.7. The minimum Gasteiger partial charge on any atom is -0.340 e. The number of benzene rings is 1. The SMILES string of the molecule is CN(CC1CCCCN1)C(=O)c1c(Cl)cccc1[N+](=O)[O-]. The van der Waals surface area contributed by atoms with Crippen molar-refractivity contribution >= 4 is 23.2 Å². The third-order valence-corrected chi connectivity index (χ3v) is 3.97. The van der Waals surface area contributed by atoms with Crippen LogP contribution in [0.1, 0.15) is 29.6 Å². The van der Waals surface area contributed by atoms with Gasteiger partial charge >= 0.3 is 0 Å². The van der Waals surface area contributed by atoms with Crippen LogP contribution in [0.25, 0.3) is 0 Å². The molecule has 0 bridgehead atoms. The molecule has 1 N–H and O–H groups in total. The average molecular weight is 312 g/mol. The number of amides is 1. The number of carbonyl (C=O) groups excluding carboxylic acids is 1. The summed E-state index contributed by atoms with van der Waals surface area (Å²) in [7, 11) is 1.64. The second kappa shape index (κ2) is 6.87. The van der Waals surface area contributed by atoms with Gasteiger partial charge in [-0.1, -0.05) is 24.1 Å². The highest BCUT2D eigenvalue weighted by molar-refractivity contribution is 6.34. The van der Waals surface area contributed by atoms with Crippen LogP contribution < -0.4 is 5.32 Å². The third-order valence-electron chi connectivity index (χ3n) is 3.66. The Kier molecular flexibility index (Phi) is 5.14. The fourth-order valence-electron chi connectivity index (χ4n) is 2.56. The first-order valence-corrected chi connectivity index (χ1v) is 7.30. The highest BCUT2D eigenvalue weighted by Crippen LogP contribution is 2.27. The Morgan fingerprint density at radius 3 is 2.90 bits per heavy atom. The van der Waals surface area contributed by atoms with E-state index in [1.54, 1.807) is 7.05 Å². The minimum absolute atomic E-state index is 0.0394. The van der Waals surface area contributed by atoms with Gasteiger partial charge in [0.15, 0.2) is 0 Å². The van der Waals surface area contributed by atoms with Crippen molar-refractivity contribution in [2.75, 3.05) is 20.1 Å². The number of nitrogens with one attached hydrogen (secondary N) is 1. The van der Waals surface area contributed by atoms with Crippen LogP contribution in [0.3, 0.4) is 0 Å². The van der Waals surface area contributed by atoms with E-state index in [0.29, 0.717) is 6.54 Å². The van der Waals surface area contributed by atoms with Gasteiger partial charge in [-0.2, -0.15) is 0 Å². The zero-order chi connectivity index (χ0) is 15.4. The molecule has 1 unspecified atom stereocenters. The lowest BCUT2D eigenvalue weighted by atomic mass is 10.0. The van der Waals surface area contributed by atoms with Crippen LogP contribution in [0.4, 0.5) is 5.69 Å². The minimum atomic E-state index is -0.578. The molecule has 114 valence electrons. The molecule has 1 saturated heterocycles. The maximum absolute atomic E-state index is 12.5. The number of hydrogen-bond donors (Lipinski definition) is 1. The van der Waals surface area contributed by atoms with E-state index in [9.17, 15) is 14.9 Å². The molecule has 0 radical (unpaired) electrons. The first-order valence-electron chi connectivity index (χ1n) is 6.92. The van der Waals surface area contributed by atoms with Crippen LogP contribution in [-0.2, 0) is 0 Å². The molecular weight excluding hydrogens is 294 g/mol. The zero-order valence-corrected chi connectivity index (χ0v) is 12.6. The predicted molar refractivity (Wildman–Crippen MR) is 80.7 cm³/mol. The topological polar surface area (TPSA) is 75.5 Å². The van der Waals surface area contributed by atoms with E-state index < -0.39 is 10.8 Å². The number of nitrogens with zero attached hydrogens (tertiary/aromatic N) is 2. The molecule has 1 atom stereocenters. The number of hydrogen-bond acceptors (Lipinski definition) is 4. The summed E-state index contributed by atoms with van der Waals surface area (Å²) in [6, 6.07) is 4.49. The van der Waals surface area contributed by atoms with Gasteiger partial charge in [-0.15, -0.1) is 0 Å². The van der Waals surface area contributed by atoms with Crippen molar-refractivity contribution in [3.63, 3.8) is 0 Å². The largest absolute Gasteiger partial charge is 0.340 e. The smallest absolute Gasteiger partial charge is 0.283 e. The van der Waals surface area contributed by atoms with Crippen molar-refractivity contribution in [2.45, 2.75) is 25.3 Å². The highest BCUT2D eigenvalue weighted by Gasteiger charge is 2.27. The lowest BCUT2D eigenvalue weighted by Gasteiger charge is -2.28. The van der Waals surface area contributed by atoms with Gasteiger partial charge in [-0.3, -0.25) is 14.9 Å². The zero-order valence-electron chi connectivity index (χ0n) is 11.8. The molecule has 6 nitrogen and oxygen atoms in total. The molecule has 0 aliphatic carbocycles. The summed E-state index contributed by atoms with van der Waals surface area (Å²) in [5.74, 6) is -0.417. The number of piperidine rings is 1. The van der Waals surface area contributed by atoms with Gasteiger partial charge in [0.25, 0.3) is 11.6 Å². The normalized spacial score (nSPS) is 18.3. The van der Waals surface area contributed by atoms with E-state index in [1.807, 2.05) is 0 Å². The molecule has 1 amide bonds. The standard InChI is InChI=1S/C14H18ClN3O3/c1-17(9-10-5-2-3-8-16-10)14(19)13-11(15)6-4-7-12(13)18(20)21/h4,6-7,10,16H,2-3,5,8-9H2,1H3. The molecule has 1 aliphatic heterocycles. The fourth-order valence-corrected chi connectivity index (χ4v) is 2.81. The van der Waals surface area contributed by atoms with E-state index in [4.69, 9.17) is 11.6 Å². The molecule has 0 aromatic heterocycles. The number of rotatable bonds is 4. The van der Waals surface area contributed by atoms with E-state index in [1.165, 1.54) is 23.1 Å². The second-order valence-corrected chi connectivity index (χ2v) is 5.63. The second-order valence-electron chi connectivity index (χ2n) is 5.22. The Morgan fingerprint density at radius 2 is 2.29 bits per heavy atom. The number of likely N-dealkylation sites (N-methyl/N-ethyl adjacent to an activating group) is 1. The van der Waals surface area contributed by atoms with Crippen molar-refractivity contribution in [2.24, 2.45) is 0 Å². The van der Waals surface area contributed by atoms with Crippen LogP contribution in [0.15, 0.2) is 18.2 Å². The van der Waals surface area contributed by atoms with Crippen molar-refractivity contribution in [1.29, 1.82) is 0 Å². The fraction of sp³-hybridized carbons (Fsp3) is 0.500. The van der Waals surface area contributed by atoms with Gasteiger partial charge in [0.1, 0.15) is 5.56 Å². The molecule has 1 fully saturated rings.